The predicted molar refractivity (Wildman–Crippen MR) is 105 cm³/mol. The van der Waals surface area contributed by atoms with Crippen molar-refractivity contribution < 1.29 is 4.79 Å². The maximum absolute atomic E-state index is 12.3. The van der Waals surface area contributed by atoms with Gasteiger partial charge in [0, 0.05) is 48.5 Å². The summed E-state index contributed by atoms with van der Waals surface area (Å²) in [4.78, 5) is 16.4. The van der Waals surface area contributed by atoms with Gasteiger partial charge < -0.3 is 15.1 Å². The fourth-order valence-electron chi connectivity index (χ4n) is 3.46. The molecule has 136 valence electrons. The molecule has 0 bridgehead atoms. The molecule has 2 aliphatic rings. The minimum absolute atomic E-state index is 0.0418. The van der Waals surface area contributed by atoms with Gasteiger partial charge in [-0.15, -0.1) is 0 Å². The van der Waals surface area contributed by atoms with E-state index < -0.39 is 0 Å². The van der Waals surface area contributed by atoms with Crippen molar-refractivity contribution in [2.24, 2.45) is 0 Å². The molecule has 4 nitrogen and oxygen atoms in total. The molecular weight excluding hydrogens is 357 g/mol. The topological polar surface area (TPSA) is 35.6 Å². The van der Waals surface area contributed by atoms with Crippen molar-refractivity contribution in [1.82, 2.24) is 10.2 Å². The van der Waals surface area contributed by atoms with E-state index in [0.29, 0.717) is 23.1 Å². The molecule has 1 aliphatic heterocycles. The molecule has 0 aromatic heterocycles. The maximum Gasteiger partial charge on any atom is 0.317 e. The lowest BCUT2D eigenvalue weighted by atomic mass is 9.97. The van der Waals surface area contributed by atoms with E-state index in [9.17, 15) is 4.79 Å². The number of nitrogens with zero attached hydrogens (tertiary/aromatic N) is 2. The van der Waals surface area contributed by atoms with Crippen molar-refractivity contribution >= 4 is 34.9 Å². The van der Waals surface area contributed by atoms with Gasteiger partial charge in [-0.25, -0.2) is 4.79 Å². The van der Waals surface area contributed by atoms with Crippen LogP contribution in [-0.4, -0.2) is 43.7 Å². The third-order valence-corrected chi connectivity index (χ3v) is 5.32. The minimum Gasteiger partial charge on any atom is -0.368 e. The maximum atomic E-state index is 12.3. The summed E-state index contributed by atoms with van der Waals surface area (Å²) < 4.78 is 0. The summed E-state index contributed by atoms with van der Waals surface area (Å²) in [7, 11) is 0. The van der Waals surface area contributed by atoms with E-state index in [1.54, 1.807) is 6.07 Å². The Kier molecular flexibility index (Phi) is 6.49. The van der Waals surface area contributed by atoms with Crippen LogP contribution in [0.5, 0.6) is 0 Å². The van der Waals surface area contributed by atoms with Crippen molar-refractivity contribution in [3.63, 3.8) is 0 Å². The molecule has 6 heteroatoms. The van der Waals surface area contributed by atoms with Crippen molar-refractivity contribution in [3.05, 3.63) is 39.9 Å². The standard InChI is InChI=1S/C19H25Cl2N3O/c20-16-12-17(21)14-18(13-16)23-8-10-24(11-9-23)19(25)22-7-6-15-4-2-1-3-5-15/h4,12-14H,1-3,5-11H2,(H,22,25). The zero-order chi connectivity index (χ0) is 17.6. The van der Waals surface area contributed by atoms with Gasteiger partial charge in [-0.3, -0.25) is 0 Å². The van der Waals surface area contributed by atoms with E-state index >= 15 is 0 Å². The Morgan fingerprint density at radius 2 is 1.76 bits per heavy atom. The van der Waals surface area contributed by atoms with Crippen molar-refractivity contribution in [3.8, 4) is 0 Å². The highest BCUT2D eigenvalue weighted by Gasteiger charge is 2.21. The van der Waals surface area contributed by atoms with Gasteiger partial charge in [0.1, 0.15) is 0 Å². The first kappa shape index (κ1) is 18.4. The van der Waals surface area contributed by atoms with Crippen molar-refractivity contribution in [2.75, 3.05) is 37.6 Å². The van der Waals surface area contributed by atoms with Gasteiger partial charge in [0.2, 0.25) is 0 Å². The third kappa shape index (κ3) is 5.29. The highest BCUT2D eigenvalue weighted by molar-refractivity contribution is 6.35. The smallest absolute Gasteiger partial charge is 0.317 e. The highest BCUT2D eigenvalue weighted by Crippen LogP contribution is 2.26. The van der Waals surface area contributed by atoms with Crippen LogP contribution in [0.1, 0.15) is 32.1 Å². The average molecular weight is 382 g/mol. The number of hydrogen-bond acceptors (Lipinski definition) is 2. The molecule has 0 atom stereocenters. The first-order valence-corrected chi connectivity index (χ1v) is 9.79. The summed E-state index contributed by atoms with van der Waals surface area (Å²) in [5.74, 6) is 0. The number of carbonyl (C=O) groups is 1. The lowest BCUT2D eigenvalue weighted by Crippen LogP contribution is -2.52. The molecule has 0 saturated carbocycles. The van der Waals surface area contributed by atoms with Crippen LogP contribution < -0.4 is 10.2 Å². The van der Waals surface area contributed by atoms with E-state index in [2.05, 4.69) is 16.3 Å². The van der Waals surface area contributed by atoms with Crippen molar-refractivity contribution in [1.29, 1.82) is 0 Å². The minimum atomic E-state index is 0.0418. The fraction of sp³-hybridized carbons (Fsp3) is 0.526. The van der Waals surface area contributed by atoms with Gasteiger partial charge >= 0.3 is 6.03 Å². The Balaban J connectivity index is 1.43. The molecule has 1 N–H and O–H groups in total. The van der Waals surface area contributed by atoms with E-state index in [1.165, 1.54) is 31.3 Å². The quantitative estimate of drug-likeness (QED) is 0.766. The molecule has 1 aromatic rings. The molecule has 2 amide bonds. The molecule has 1 aliphatic carbocycles. The van der Waals surface area contributed by atoms with E-state index in [4.69, 9.17) is 23.2 Å². The first-order chi connectivity index (χ1) is 12.1. The van der Waals surface area contributed by atoms with Gasteiger partial charge in [0.05, 0.1) is 0 Å². The van der Waals surface area contributed by atoms with Crippen LogP contribution in [0.2, 0.25) is 10.0 Å². The number of amides is 2. The number of urea groups is 1. The third-order valence-electron chi connectivity index (χ3n) is 4.89. The van der Waals surface area contributed by atoms with E-state index in [1.807, 2.05) is 17.0 Å². The number of nitrogens with one attached hydrogen (secondary N) is 1. The van der Waals surface area contributed by atoms with Crippen LogP contribution in [0.4, 0.5) is 10.5 Å². The first-order valence-electron chi connectivity index (χ1n) is 9.03. The van der Waals surface area contributed by atoms with Gasteiger partial charge in [-0.05, 0) is 50.3 Å². The van der Waals surface area contributed by atoms with Gasteiger partial charge in [-0.1, -0.05) is 34.9 Å². The summed E-state index contributed by atoms with van der Waals surface area (Å²) in [6.07, 6.45) is 8.29. The second-order valence-corrected chi connectivity index (χ2v) is 7.56. The number of carbonyl (C=O) groups excluding carboxylic acids is 1. The Hall–Kier alpha value is -1.39. The van der Waals surface area contributed by atoms with Gasteiger partial charge in [0.15, 0.2) is 0 Å². The SMILES string of the molecule is O=C(NCCC1=CCCCC1)N1CCN(c2cc(Cl)cc(Cl)c2)CC1. The summed E-state index contributed by atoms with van der Waals surface area (Å²) in [5, 5.41) is 4.34. The van der Waals surface area contributed by atoms with E-state index in [0.717, 1.165) is 31.7 Å². The number of benzene rings is 1. The van der Waals surface area contributed by atoms with Gasteiger partial charge in [-0.2, -0.15) is 0 Å². The summed E-state index contributed by atoms with van der Waals surface area (Å²) in [6.45, 7) is 3.72. The molecule has 25 heavy (non-hydrogen) atoms. The molecule has 0 radical (unpaired) electrons. The molecule has 1 heterocycles. The number of halogens is 2. The number of anilines is 1. The van der Waals surface area contributed by atoms with Crippen LogP contribution in [0.3, 0.4) is 0 Å². The second kappa shape index (κ2) is 8.81. The predicted octanol–water partition coefficient (Wildman–Crippen LogP) is 4.72. The van der Waals surface area contributed by atoms with Crippen LogP contribution >= 0.6 is 23.2 Å². The molecule has 0 spiro atoms. The van der Waals surface area contributed by atoms with E-state index in [-0.39, 0.29) is 6.03 Å². The molecular formula is C19H25Cl2N3O. The Labute approximate surface area is 159 Å². The highest BCUT2D eigenvalue weighted by atomic mass is 35.5. The van der Waals surface area contributed by atoms with Gasteiger partial charge in [0.25, 0.3) is 0 Å². The Bertz CT molecular complexity index is 619. The number of allylic oxidation sites excluding steroid dienone is 1. The largest absolute Gasteiger partial charge is 0.368 e. The lowest BCUT2D eigenvalue weighted by molar-refractivity contribution is 0.194. The Morgan fingerprint density at radius 1 is 1.04 bits per heavy atom. The fourth-order valence-corrected chi connectivity index (χ4v) is 3.98. The zero-order valence-electron chi connectivity index (χ0n) is 14.4. The molecule has 1 aromatic carbocycles. The molecule has 1 saturated heterocycles. The van der Waals surface area contributed by atoms with Crippen molar-refractivity contribution in [2.45, 2.75) is 32.1 Å². The summed E-state index contributed by atoms with van der Waals surface area (Å²) >= 11 is 12.2. The van der Waals surface area contributed by atoms with Crippen LogP contribution in [0, 0.1) is 0 Å². The van der Waals surface area contributed by atoms with Crippen LogP contribution in [-0.2, 0) is 0 Å². The van der Waals surface area contributed by atoms with Crippen LogP contribution in [0.25, 0.3) is 0 Å². The molecule has 0 unspecified atom stereocenters. The lowest BCUT2D eigenvalue weighted by Gasteiger charge is -2.36. The summed E-state index contributed by atoms with van der Waals surface area (Å²) in [6, 6.07) is 5.61. The zero-order valence-corrected chi connectivity index (χ0v) is 16.0. The monoisotopic (exact) mass is 381 g/mol. The Morgan fingerprint density at radius 3 is 2.40 bits per heavy atom. The number of hydrogen-bond donors (Lipinski definition) is 1. The average Bonchev–Trinajstić information content (AvgIpc) is 2.62. The molecule has 1 fully saturated rings. The molecule has 3 rings (SSSR count). The number of rotatable bonds is 4. The summed E-state index contributed by atoms with van der Waals surface area (Å²) in [5.41, 5.74) is 2.51. The van der Waals surface area contributed by atoms with Crippen LogP contribution in [0.15, 0.2) is 29.8 Å². The normalized spacial score (nSPS) is 18.1. The second-order valence-electron chi connectivity index (χ2n) is 6.69. The number of piperazine rings is 1.